The summed E-state index contributed by atoms with van der Waals surface area (Å²) in [6.45, 7) is 0.378. The van der Waals surface area contributed by atoms with Gasteiger partial charge in [0.2, 0.25) is 5.95 Å². The molecular weight excluding hydrogens is 434 g/mol. The number of rotatable bonds is 11. The van der Waals surface area contributed by atoms with E-state index >= 15 is 0 Å². The third-order valence-electron chi connectivity index (χ3n) is 4.80. The van der Waals surface area contributed by atoms with E-state index in [9.17, 15) is 19.2 Å². The number of nitrogens with one attached hydrogen (secondary N) is 3. The number of nitrogen functional groups attached to an aromatic ring is 1. The SMILES string of the molecule is Nc1nc2[nH]c(CCCOc3ccc(C(=O)N[C@@H](CCC(=O)O)C(=O)O)cc3)cc2c(=O)[nH]1. The lowest BCUT2D eigenvalue weighted by molar-refractivity contribution is -0.140. The summed E-state index contributed by atoms with van der Waals surface area (Å²) in [5.74, 6) is -2.50. The van der Waals surface area contributed by atoms with Crippen molar-refractivity contribution in [1.29, 1.82) is 0 Å². The number of carboxylic acid groups (broad SMARTS) is 2. The molecule has 0 saturated carbocycles. The Morgan fingerprint density at radius 1 is 1.15 bits per heavy atom. The highest BCUT2D eigenvalue weighted by atomic mass is 16.5. The molecule has 0 aliphatic heterocycles. The first-order valence-electron chi connectivity index (χ1n) is 10.1. The second-order valence-electron chi connectivity index (χ2n) is 7.28. The van der Waals surface area contributed by atoms with Gasteiger partial charge in [0.1, 0.15) is 17.4 Å². The van der Waals surface area contributed by atoms with Crippen LogP contribution in [0, 0.1) is 0 Å². The number of fused-ring (bicyclic) bond motifs is 1. The summed E-state index contributed by atoms with van der Waals surface area (Å²) in [6.07, 6.45) is 0.671. The van der Waals surface area contributed by atoms with Crippen LogP contribution in [0.1, 0.15) is 35.3 Å². The van der Waals surface area contributed by atoms with Crippen molar-refractivity contribution in [3.63, 3.8) is 0 Å². The van der Waals surface area contributed by atoms with Gasteiger partial charge < -0.3 is 31.0 Å². The minimum absolute atomic E-state index is 0.0418. The van der Waals surface area contributed by atoms with Gasteiger partial charge in [-0.15, -0.1) is 0 Å². The molecule has 2 aromatic heterocycles. The smallest absolute Gasteiger partial charge is 0.326 e. The number of aliphatic carboxylic acids is 2. The number of carbonyl (C=O) groups excluding carboxylic acids is 1. The molecule has 0 unspecified atom stereocenters. The maximum Gasteiger partial charge on any atom is 0.326 e. The maximum atomic E-state index is 12.2. The highest BCUT2D eigenvalue weighted by Crippen LogP contribution is 2.15. The van der Waals surface area contributed by atoms with E-state index in [1.807, 2.05) is 0 Å². The molecular formula is C21H23N5O7. The zero-order chi connectivity index (χ0) is 24.0. The molecule has 3 rings (SSSR count). The number of nitrogens with zero attached hydrogens (tertiary/aromatic N) is 1. The van der Waals surface area contributed by atoms with Crippen molar-refractivity contribution < 1.29 is 29.3 Å². The second-order valence-corrected chi connectivity index (χ2v) is 7.28. The van der Waals surface area contributed by atoms with Gasteiger partial charge in [-0.25, -0.2) is 4.79 Å². The summed E-state index contributed by atoms with van der Waals surface area (Å²) in [4.78, 5) is 55.5. The summed E-state index contributed by atoms with van der Waals surface area (Å²) in [6, 6.07) is 6.56. The number of H-pyrrole nitrogens is 2. The highest BCUT2D eigenvalue weighted by molar-refractivity contribution is 5.96. The monoisotopic (exact) mass is 457 g/mol. The van der Waals surface area contributed by atoms with Crippen LogP contribution in [0.5, 0.6) is 5.75 Å². The van der Waals surface area contributed by atoms with E-state index < -0.39 is 23.9 Å². The Bertz CT molecular complexity index is 1220. The molecule has 1 aromatic carbocycles. The highest BCUT2D eigenvalue weighted by Gasteiger charge is 2.21. The number of benzene rings is 1. The van der Waals surface area contributed by atoms with E-state index in [1.165, 1.54) is 12.1 Å². The fraction of sp³-hybridized carbons (Fsp3) is 0.286. The van der Waals surface area contributed by atoms with E-state index in [0.717, 1.165) is 5.69 Å². The van der Waals surface area contributed by atoms with Crippen LogP contribution in [0.15, 0.2) is 35.1 Å². The number of anilines is 1. The minimum Gasteiger partial charge on any atom is -0.494 e. The first-order chi connectivity index (χ1) is 15.7. The maximum absolute atomic E-state index is 12.2. The summed E-state index contributed by atoms with van der Waals surface area (Å²) in [5.41, 5.74) is 6.69. The molecule has 2 heterocycles. The van der Waals surface area contributed by atoms with Crippen LogP contribution in [0.2, 0.25) is 0 Å². The van der Waals surface area contributed by atoms with Crippen molar-refractivity contribution >= 4 is 34.8 Å². The summed E-state index contributed by atoms with van der Waals surface area (Å²) in [7, 11) is 0. The van der Waals surface area contributed by atoms with Gasteiger partial charge in [0.05, 0.1) is 12.0 Å². The van der Waals surface area contributed by atoms with Crippen LogP contribution < -0.4 is 21.3 Å². The number of amides is 1. The topological polar surface area (TPSA) is 200 Å². The van der Waals surface area contributed by atoms with Crippen LogP contribution in [-0.2, 0) is 16.0 Å². The number of aryl methyl sites for hydroxylation is 1. The Hall–Kier alpha value is -4.35. The minimum atomic E-state index is -1.30. The molecule has 0 bridgehead atoms. The van der Waals surface area contributed by atoms with E-state index in [0.29, 0.717) is 36.2 Å². The predicted molar refractivity (Wildman–Crippen MR) is 117 cm³/mol. The van der Waals surface area contributed by atoms with Crippen LogP contribution in [0.25, 0.3) is 11.0 Å². The first kappa shape index (κ1) is 23.3. The van der Waals surface area contributed by atoms with Crippen molar-refractivity contribution in [1.82, 2.24) is 20.3 Å². The van der Waals surface area contributed by atoms with Crippen LogP contribution in [0.3, 0.4) is 0 Å². The lowest BCUT2D eigenvalue weighted by Gasteiger charge is -2.14. The van der Waals surface area contributed by atoms with Gasteiger partial charge in [-0.05, 0) is 49.6 Å². The Kier molecular flexibility index (Phi) is 7.28. The zero-order valence-corrected chi connectivity index (χ0v) is 17.5. The standard InChI is InChI=1S/C21H23N5O7/c22-21-25-17-14(19(30)26-21)10-12(23-17)2-1-9-33-13-5-3-11(4-6-13)18(29)24-15(20(31)32)7-8-16(27)28/h3-6,10,15H,1-2,7-9H2,(H,24,29)(H,27,28)(H,31,32)(H4,22,23,25,26,30)/t15-/m0/s1. The van der Waals surface area contributed by atoms with E-state index in [1.54, 1.807) is 18.2 Å². The molecule has 0 radical (unpaired) electrons. The van der Waals surface area contributed by atoms with Crippen LogP contribution in [0.4, 0.5) is 5.95 Å². The van der Waals surface area contributed by atoms with Gasteiger partial charge in [-0.2, -0.15) is 4.98 Å². The fourth-order valence-corrected chi connectivity index (χ4v) is 3.15. The number of hydrogen-bond acceptors (Lipinski definition) is 7. The molecule has 12 heteroatoms. The molecule has 0 spiro atoms. The molecule has 0 saturated heterocycles. The second kappa shape index (κ2) is 10.3. The Morgan fingerprint density at radius 2 is 1.88 bits per heavy atom. The van der Waals surface area contributed by atoms with E-state index in [2.05, 4.69) is 20.3 Å². The molecule has 174 valence electrons. The van der Waals surface area contributed by atoms with Gasteiger partial charge in [-0.3, -0.25) is 19.4 Å². The summed E-state index contributed by atoms with van der Waals surface area (Å²) < 4.78 is 5.66. The molecule has 0 fully saturated rings. The molecule has 1 atom stereocenters. The lowest BCUT2D eigenvalue weighted by Crippen LogP contribution is -2.41. The third-order valence-corrected chi connectivity index (χ3v) is 4.80. The lowest BCUT2D eigenvalue weighted by atomic mass is 10.1. The number of hydrogen-bond donors (Lipinski definition) is 6. The predicted octanol–water partition coefficient (Wildman–Crippen LogP) is 0.893. The van der Waals surface area contributed by atoms with E-state index in [4.69, 9.17) is 20.7 Å². The number of ether oxygens (including phenoxy) is 1. The van der Waals surface area contributed by atoms with Gasteiger partial charge in [0, 0.05) is 17.7 Å². The average Bonchev–Trinajstić information content (AvgIpc) is 3.17. The van der Waals surface area contributed by atoms with E-state index in [-0.39, 0.29) is 29.9 Å². The first-order valence-corrected chi connectivity index (χ1v) is 10.1. The molecule has 7 N–H and O–H groups in total. The molecule has 33 heavy (non-hydrogen) atoms. The number of nitrogens with two attached hydrogens (primary N) is 1. The summed E-state index contributed by atoms with van der Waals surface area (Å²) >= 11 is 0. The summed E-state index contributed by atoms with van der Waals surface area (Å²) in [5, 5.41) is 20.6. The van der Waals surface area contributed by atoms with Crippen LogP contribution in [-0.4, -0.2) is 55.7 Å². The van der Waals surface area contributed by atoms with Crippen molar-refractivity contribution in [3.05, 3.63) is 51.9 Å². The molecule has 3 aromatic rings. The number of carboxylic acids is 2. The van der Waals surface area contributed by atoms with Gasteiger partial charge in [0.15, 0.2) is 0 Å². The number of aromatic amines is 2. The van der Waals surface area contributed by atoms with Gasteiger partial charge in [0.25, 0.3) is 11.5 Å². The normalized spacial score (nSPS) is 11.8. The molecule has 1 amide bonds. The third kappa shape index (κ3) is 6.32. The van der Waals surface area contributed by atoms with Crippen LogP contribution >= 0.6 is 0 Å². The van der Waals surface area contributed by atoms with Gasteiger partial charge >= 0.3 is 11.9 Å². The molecule has 0 aliphatic carbocycles. The Labute approximate surface area is 186 Å². The number of aromatic nitrogens is 3. The zero-order valence-electron chi connectivity index (χ0n) is 17.5. The Balaban J connectivity index is 1.48. The molecule has 12 nitrogen and oxygen atoms in total. The average molecular weight is 457 g/mol. The van der Waals surface area contributed by atoms with Crippen molar-refractivity contribution in [2.45, 2.75) is 31.7 Å². The Morgan fingerprint density at radius 3 is 2.55 bits per heavy atom. The largest absolute Gasteiger partial charge is 0.494 e. The van der Waals surface area contributed by atoms with Gasteiger partial charge in [-0.1, -0.05) is 0 Å². The number of carbonyl (C=O) groups is 3. The van der Waals surface area contributed by atoms with Crippen molar-refractivity contribution in [2.75, 3.05) is 12.3 Å². The fourth-order valence-electron chi connectivity index (χ4n) is 3.15. The molecule has 0 aliphatic rings. The van der Waals surface area contributed by atoms with Crippen molar-refractivity contribution in [3.8, 4) is 5.75 Å². The quantitative estimate of drug-likeness (QED) is 0.226. The van der Waals surface area contributed by atoms with Crippen molar-refractivity contribution in [2.24, 2.45) is 0 Å².